The Morgan fingerprint density at radius 2 is 2.29 bits per heavy atom. The fourth-order valence-corrected chi connectivity index (χ4v) is 1.06. The largest absolute Gasteiger partial charge is 0.479 e. The lowest BCUT2D eigenvalue weighted by Gasteiger charge is -2.06. The number of aryl methyl sites for hydroxylation is 1. The van der Waals surface area contributed by atoms with E-state index in [1.54, 1.807) is 6.92 Å². The first kappa shape index (κ1) is 10.4. The van der Waals surface area contributed by atoms with Gasteiger partial charge in [0.25, 0.3) is 11.8 Å². The van der Waals surface area contributed by atoms with Gasteiger partial charge in [0.2, 0.25) is 0 Å². The predicted octanol–water partition coefficient (Wildman–Crippen LogP) is 0.897. The smallest absolute Gasteiger partial charge is 0.254 e. The molecule has 0 aliphatic heterocycles. The number of methoxy groups -OCH3 is 1. The van der Waals surface area contributed by atoms with Gasteiger partial charge in [-0.25, -0.2) is 9.37 Å². The Bertz CT molecular complexity index is 366. The molecule has 0 radical (unpaired) electrons. The minimum absolute atomic E-state index is 0.0585. The van der Waals surface area contributed by atoms with Crippen molar-refractivity contribution in [1.29, 1.82) is 0 Å². The maximum Gasteiger partial charge on any atom is 0.254 e. The van der Waals surface area contributed by atoms with Crippen molar-refractivity contribution in [3.05, 3.63) is 23.1 Å². The number of aromatic nitrogens is 1. The number of carbonyl (C=O) groups is 1. The van der Waals surface area contributed by atoms with E-state index in [0.717, 1.165) is 0 Å². The van der Waals surface area contributed by atoms with Gasteiger partial charge in [0.1, 0.15) is 0 Å². The van der Waals surface area contributed by atoms with Crippen molar-refractivity contribution in [3.63, 3.8) is 0 Å². The van der Waals surface area contributed by atoms with Crippen LogP contribution in [0.2, 0.25) is 0 Å². The summed E-state index contributed by atoms with van der Waals surface area (Å²) >= 11 is 0. The van der Waals surface area contributed by atoms with Crippen LogP contribution in [0.3, 0.4) is 0 Å². The molecule has 0 aromatic carbocycles. The van der Waals surface area contributed by atoms with Crippen LogP contribution in [0.15, 0.2) is 6.07 Å². The number of pyridine rings is 1. The van der Waals surface area contributed by atoms with Gasteiger partial charge in [-0.3, -0.25) is 4.79 Å². The number of carbonyl (C=O) groups excluding carboxylic acids is 1. The van der Waals surface area contributed by atoms with Crippen LogP contribution in [0.1, 0.15) is 16.1 Å². The van der Waals surface area contributed by atoms with Gasteiger partial charge in [0.15, 0.2) is 5.82 Å². The van der Waals surface area contributed by atoms with Crippen molar-refractivity contribution in [2.24, 2.45) is 0 Å². The van der Waals surface area contributed by atoms with E-state index in [9.17, 15) is 9.18 Å². The molecule has 1 amide bonds. The third kappa shape index (κ3) is 1.81. The zero-order chi connectivity index (χ0) is 10.7. The molecular formula is C9H11FN2O2. The molecule has 0 aliphatic carbocycles. The molecule has 1 rings (SSSR count). The molecule has 0 atom stereocenters. The average molecular weight is 198 g/mol. The second-order valence-corrected chi connectivity index (χ2v) is 2.71. The van der Waals surface area contributed by atoms with Crippen LogP contribution in [0, 0.1) is 12.7 Å². The minimum atomic E-state index is -0.738. The summed E-state index contributed by atoms with van der Waals surface area (Å²) in [7, 11) is 2.74. The summed E-state index contributed by atoms with van der Waals surface area (Å²) in [5.41, 5.74) is 0.471. The van der Waals surface area contributed by atoms with Crippen LogP contribution in [-0.2, 0) is 0 Å². The van der Waals surface area contributed by atoms with Crippen LogP contribution >= 0.6 is 0 Å². The van der Waals surface area contributed by atoms with Crippen molar-refractivity contribution in [1.82, 2.24) is 10.3 Å². The van der Waals surface area contributed by atoms with Gasteiger partial charge >= 0.3 is 0 Å². The Hall–Kier alpha value is -1.65. The molecule has 76 valence electrons. The van der Waals surface area contributed by atoms with E-state index in [4.69, 9.17) is 4.74 Å². The van der Waals surface area contributed by atoms with E-state index >= 15 is 0 Å². The Morgan fingerprint density at radius 3 is 2.79 bits per heavy atom. The van der Waals surface area contributed by atoms with Gasteiger partial charge in [-0.2, -0.15) is 0 Å². The van der Waals surface area contributed by atoms with E-state index in [2.05, 4.69) is 10.3 Å². The molecule has 0 bridgehead atoms. The van der Waals surface area contributed by atoms with Crippen LogP contribution in [0.5, 0.6) is 5.88 Å². The summed E-state index contributed by atoms with van der Waals surface area (Å²) in [4.78, 5) is 15.0. The first-order valence-corrected chi connectivity index (χ1v) is 4.03. The second-order valence-electron chi connectivity index (χ2n) is 2.71. The van der Waals surface area contributed by atoms with Crippen LogP contribution in [0.4, 0.5) is 4.39 Å². The fraction of sp³-hybridized carbons (Fsp3) is 0.333. The summed E-state index contributed by atoms with van der Waals surface area (Å²) in [5.74, 6) is -1.40. The van der Waals surface area contributed by atoms with Gasteiger partial charge < -0.3 is 10.1 Å². The first-order chi connectivity index (χ1) is 6.60. The predicted molar refractivity (Wildman–Crippen MR) is 48.9 cm³/mol. The quantitative estimate of drug-likeness (QED) is 0.768. The normalized spacial score (nSPS) is 9.71. The van der Waals surface area contributed by atoms with Crippen molar-refractivity contribution >= 4 is 5.91 Å². The molecule has 0 spiro atoms. The summed E-state index contributed by atoms with van der Waals surface area (Å²) in [6.45, 7) is 1.66. The fourth-order valence-electron chi connectivity index (χ4n) is 1.06. The van der Waals surface area contributed by atoms with Gasteiger partial charge in [0, 0.05) is 12.7 Å². The molecule has 4 nitrogen and oxygen atoms in total. The zero-order valence-corrected chi connectivity index (χ0v) is 8.22. The minimum Gasteiger partial charge on any atom is -0.479 e. The van der Waals surface area contributed by atoms with Crippen molar-refractivity contribution in [2.45, 2.75) is 6.92 Å². The summed E-state index contributed by atoms with van der Waals surface area (Å²) in [6, 6.07) is 1.37. The van der Waals surface area contributed by atoms with Crippen LogP contribution < -0.4 is 10.1 Å². The molecule has 0 unspecified atom stereocenters. The second kappa shape index (κ2) is 4.04. The molecule has 0 fully saturated rings. The highest BCUT2D eigenvalue weighted by Gasteiger charge is 2.16. The Labute approximate surface area is 81.1 Å². The zero-order valence-electron chi connectivity index (χ0n) is 8.22. The van der Waals surface area contributed by atoms with Crippen LogP contribution in [-0.4, -0.2) is 25.0 Å². The molecule has 5 heteroatoms. The Balaban J connectivity index is 3.29. The SMILES string of the molecule is CNC(=O)c1cc(C)nc(OC)c1F. The van der Waals surface area contributed by atoms with Gasteiger partial charge in [0.05, 0.1) is 12.7 Å². The topological polar surface area (TPSA) is 51.2 Å². The molecule has 14 heavy (non-hydrogen) atoms. The third-order valence-electron chi connectivity index (χ3n) is 1.72. The molecule has 1 aromatic heterocycles. The number of amides is 1. The molecule has 1 aromatic rings. The van der Waals surface area contributed by atoms with Gasteiger partial charge in [-0.1, -0.05) is 0 Å². The number of nitrogens with zero attached hydrogens (tertiary/aromatic N) is 1. The highest BCUT2D eigenvalue weighted by molar-refractivity contribution is 5.94. The van der Waals surface area contributed by atoms with Gasteiger partial charge in [-0.15, -0.1) is 0 Å². The lowest BCUT2D eigenvalue weighted by molar-refractivity contribution is 0.0958. The monoisotopic (exact) mass is 198 g/mol. The first-order valence-electron chi connectivity index (χ1n) is 4.03. The van der Waals surface area contributed by atoms with E-state index in [1.165, 1.54) is 20.2 Å². The summed E-state index contributed by atoms with van der Waals surface area (Å²) in [6.07, 6.45) is 0. The number of rotatable bonds is 2. The highest BCUT2D eigenvalue weighted by Crippen LogP contribution is 2.18. The lowest BCUT2D eigenvalue weighted by atomic mass is 10.2. The van der Waals surface area contributed by atoms with Crippen molar-refractivity contribution in [3.8, 4) is 5.88 Å². The molecule has 1 heterocycles. The molecular weight excluding hydrogens is 187 g/mol. The maximum absolute atomic E-state index is 13.4. The van der Waals surface area contributed by atoms with E-state index in [-0.39, 0.29) is 11.4 Å². The average Bonchev–Trinajstić information content (AvgIpc) is 2.19. The van der Waals surface area contributed by atoms with Gasteiger partial charge in [-0.05, 0) is 13.0 Å². The molecule has 0 aliphatic rings. The molecule has 0 saturated heterocycles. The standard InChI is InChI=1S/C9H11FN2O2/c1-5-4-6(8(13)11-2)7(10)9(12-5)14-3/h4H,1-3H3,(H,11,13). The van der Waals surface area contributed by atoms with Crippen molar-refractivity contribution in [2.75, 3.05) is 14.2 Å². The number of ether oxygens (including phenoxy) is 1. The summed E-state index contributed by atoms with van der Waals surface area (Å²) in [5, 5.41) is 2.34. The Kier molecular flexibility index (Phi) is 3.01. The molecule has 0 saturated carbocycles. The summed E-state index contributed by atoms with van der Waals surface area (Å²) < 4.78 is 18.1. The molecule has 1 N–H and O–H groups in total. The lowest BCUT2D eigenvalue weighted by Crippen LogP contribution is -2.20. The number of hydrogen-bond acceptors (Lipinski definition) is 3. The number of hydrogen-bond donors (Lipinski definition) is 1. The maximum atomic E-state index is 13.4. The van der Waals surface area contributed by atoms with E-state index in [0.29, 0.717) is 5.69 Å². The van der Waals surface area contributed by atoms with Crippen molar-refractivity contribution < 1.29 is 13.9 Å². The van der Waals surface area contributed by atoms with E-state index in [1.807, 2.05) is 0 Å². The van der Waals surface area contributed by atoms with Crippen LogP contribution in [0.25, 0.3) is 0 Å². The van der Waals surface area contributed by atoms with E-state index < -0.39 is 11.7 Å². The third-order valence-corrected chi connectivity index (χ3v) is 1.72. The number of nitrogens with one attached hydrogen (secondary N) is 1. The highest BCUT2D eigenvalue weighted by atomic mass is 19.1. The number of halogens is 1. The Morgan fingerprint density at radius 1 is 1.64 bits per heavy atom.